The molecule has 0 saturated heterocycles. The molecule has 0 aliphatic carbocycles. The average Bonchev–Trinajstić information content (AvgIpc) is 2.63. The number of hydrogen-bond donors (Lipinski definition) is 1. The molecule has 140 valence electrons. The summed E-state index contributed by atoms with van der Waals surface area (Å²) in [6, 6.07) is 15.8. The number of carboxylic acid groups (broad SMARTS) is 1. The molecule has 1 N–H and O–H groups in total. The molecule has 2 aromatic carbocycles. The Kier molecular flexibility index (Phi) is 6.78. The van der Waals surface area contributed by atoms with E-state index in [1.54, 1.807) is 6.07 Å². The largest absolute Gasteiger partial charge is 0.503 e. The minimum atomic E-state index is -1.02. The van der Waals surface area contributed by atoms with E-state index < -0.39 is 5.97 Å². The second kappa shape index (κ2) is 9.04. The first-order chi connectivity index (χ1) is 12.8. The molecule has 0 aliphatic heterocycles. The number of carbonyl (C=O) groups is 1. The lowest BCUT2D eigenvalue weighted by Gasteiger charge is -2.18. The van der Waals surface area contributed by atoms with Gasteiger partial charge in [0, 0.05) is 0 Å². The normalized spacial score (nSPS) is 12.7. The van der Waals surface area contributed by atoms with E-state index in [0.29, 0.717) is 5.56 Å². The molecule has 2 rings (SSSR count). The monoisotopic (exact) mass is 362 g/mol. The summed E-state index contributed by atoms with van der Waals surface area (Å²) in [4.78, 5) is 11.5. The molecule has 0 fully saturated rings. The number of ether oxygens (including phenoxy) is 1. The van der Waals surface area contributed by atoms with E-state index >= 15 is 0 Å². The average molecular weight is 362 g/mol. The maximum atomic E-state index is 11.5. The Morgan fingerprint density at radius 3 is 2.19 bits per heavy atom. The van der Waals surface area contributed by atoms with Gasteiger partial charge in [0.05, 0.1) is 13.4 Å². The minimum absolute atomic E-state index is 0.125. The van der Waals surface area contributed by atoms with Crippen LogP contribution in [0.5, 0.6) is 0 Å². The lowest BCUT2D eigenvalue weighted by molar-refractivity contribution is -0.130. The van der Waals surface area contributed by atoms with Crippen molar-refractivity contribution in [2.24, 2.45) is 0 Å². The third-order valence-corrected chi connectivity index (χ3v) is 4.17. The van der Waals surface area contributed by atoms with E-state index in [9.17, 15) is 9.90 Å². The summed E-state index contributed by atoms with van der Waals surface area (Å²) in [5.41, 5.74) is 4.12. The summed E-state index contributed by atoms with van der Waals surface area (Å²) >= 11 is 0. The SMILES string of the molecule is CO/C=C(/C(=O)O)c1ccccc1/C=C/C=C/c1ccc(C(C)(C)C)cc1. The van der Waals surface area contributed by atoms with Crippen LogP contribution in [0.3, 0.4) is 0 Å². The van der Waals surface area contributed by atoms with Crippen LogP contribution in [0.25, 0.3) is 17.7 Å². The van der Waals surface area contributed by atoms with Crippen LogP contribution in [0.4, 0.5) is 0 Å². The molecule has 0 unspecified atom stereocenters. The molecule has 0 spiro atoms. The molecule has 0 heterocycles. The third-order valence-electron chi connectivity index (χ3n) is 4.17. The lowest BCUT2D eigenvalue weighted by atomic mass is 9.87. The topological polar surface area (TPSA) is 46.5 Å². The smallest absolute Gasteiger partial charge is 0.339 e. The van der Waals surface area contributed by atoms with Crippen LogP contribution in [0.2, 0.25) is 0 Å². The van der Waals surface area contributed by atoms with E-state index in [-0.39, 0.29) is 11.0 Å². The summed E-state index contributed by atoms with van der Waals surface area (Å²) in [5, 5.41) is 9.40. The van der Waals surface area contributed by atoms with Crippen molar-refractivity contribution in [1.29, 1.82) is 0 Å². The van der Waals surface area contributed by atoms with Gasteiger partial charge in [-0.2, -0.15) is 0 Å². The zero-order valence-electron chi connectivity index (χ0n) is 16.3. The number of allylic oxidation sites excluding steroid dienone is 2. The van der Waals surface area contributed by atoms with Crippen molar-refractivity contribution in [3.05, 3.63) is 89.2 Å². The van der Waals surface area contributed by atoms with Gasteiger partial charge in [-0.15, -0.1) is 0 Å². The Labute approximate surface area is 161 Å². The van der Waals surface area contributed by atoms with Gasteiger partial charge in [0.25, 0.3) is 0 Å². The molecular weight excluding hydrogens is 336 g/mol. The lowest BCUT2D eigenvalue weighted by Crippen LogP contribution is -2.10. The standard InChI is InChI=1S/C24H26O3/c1-24(2,3)20-15-13-18(14-16-20)9-5-6-10-19-11-7-8-12-21(19)22(17-27-4)23(25)26/h5-17H,1-4H3,(H,25,26)/b9-5+,10-6+,22-17+. The van der Waals surface area contributed by atoms with Crippen molar-refractivity contribution in [2.75, 3.05) is 7.11 Å². The van der Waals surface area contributed by atoms with Gasteiger partial charge in [0.1, 0.15) is 5.57 Å². The first kappa shape index (κ1) is 20.2. The number of rotatable bonds is 6. The van der Waals surface area contributed by atoms with E-state index in [0.717, 1.165) is 11.1 Å². The van der Waals surface area contributed by atoms with Crippen molar-refractivity contribution in [3.63, 3.8) is 0 Å². The zero-order chi connectivity index (χ0) is 19.9. The quantitative estimate of drug-likeness (QED) is 0.402. The van der Waals surface area contributed by atoms with E-state index in [4.69, 9.17) is 4.74 Å². The highest BCUT2D eigenvalue weighted by Crippen LogP contribution is 2.23. The van der Waals surface area contributed by atoms with Crippen LogP contribution in [-0.4, -0.2) is 18.2 Å². The molecule has 0 aromatic heterocycles. The highest BCUT2D eigenvalue weighted by atomic mass is 16.5. The summed E-state index contributed by atoms with van der Waals surface area (Å²) in [7, 11) is 1.44. The summed E-state index contributed by atoms with van der Waals surface area (Å²) < 4.78 is 4.91. The first-order valence-electron chi connectivity index (χ1n) is 8.84. The Morgan fingerprint density at radius 1 is 0.963 bits per heavy atom. The summed E-state index contributed by atoms with van der Waals surface area (Å²) in [6.45, 7) is 6.59. The second-order valence-electron chi connectivity index (χ2n) is 7.25. The Balaban J connectivity index is 2.18. The highest BCUT2D eigenvalue weighted by molar-refractivity contribution is 6.16. The van der Waals surface area contributed by atoms with Crippen LogP contribution < -0.4 is 0 Å². The van der Waals surface area contributed by atoms with Crippen LogP contribution in [-0.2, 0) is 14.9 Å². The Morgan fingerprint density at radius 2 is 1.59 bits per heavy atom. The number of aliphatic carboxylic acids is 1. The Bertz CT molecular complexity index is 863. The van der Waals surface area contributed by atoms with Gasteiger partial charge in [-0.1, -0.05) is 93.6 Å². The first-order valence-corrected chi connectivity index (χ1v) is 8.84. The van der Waals surface area contributed by atoms with Crippen molar-refractivity contribution in [2.45, 2.75) is 26.2 Å². The number of benzene rings is 2. The van der Waals surface area contributed by atoms with E-state index in [1.165, 1.54) is 18.9 Å². The van der Waals surface area contributed by atoms with Gasteiger partial charge in [-0.05, 0) is 27.7 Å². The van der Waals surface area contributed by atoms with Crippen LogP contribution in [0.1, 0.15) is 43.0 Å². The Hall–Kier alpha value is -3.07. The predicted octanol–water partition coefficient (Wildman–Crippen LogP) is 5.78. The number of methoxy groups -OCH3 is 1. The number of carboxylic acids is 1. The molecule has 3 heteroatoms. The van der Waals surface area contributed by atoms with Gasteiger partial charge < -0.3 is 9.84 Å². The summed E-state index contributed by atoms with van der Waals surface area (Å²) in [6.07, 6.45) is 9.02. The molecule has 27 heavy (non-hydrogen) atoms. The molecule has 3 nitrogen and oxygen atoms in total. The molecule has 0 bridgehead atoms. The highest BCUT2D eigenvalue weighted by Gasteiger charge is 2.13. The molecule has 0 amide bonds. The van der Waals surface area contributed by atoms with Crippen molar-refractivity contribution < 1.29 is 14.6 Å². The van der Waals surface area contributed by atoms with Gasteiger partial charge in [0.15, 0.2) is 0 Å². The zero-order valence-corrected chi connectivity index (χ0v) is 16.3. The van der Waals surface area contributed by atoms with Gasteiger partial charge in [-0.3, -0.25) is 0 Å². The van der Waals surface area contributed by atoms with E-state index in [2.05, 4.69) is 45.0 Å². The van der Waals surface area contributed by atoms with Crippen molar-refractivity contribution in [3.8, 4) is 0 Å². The summed E-state index contributed by atoms with van der Waals surface area (Å²) in [5.74, 6) is -1.02. The predicted molar refractivity (Wildman–Crippen MR) is 112 cm³/mol. The third kappa shape index (κ3) is 5.71. The molecule has 0 radical (unpaired) electrons. The van der Waals surface area contributed by atoms with E-state index in [1.807, 2.05) is 42.5 Å². The molecule has 0 atom stereocenters. The van der Waals surface area contributed by atoms with Gasteiger partial charge >= 0.3 is 5.97 Å². The molecule has 2 aromatic rings. The van der Waals surface area contributed by atoms with Crippen LogP contribution in [0.15, 0.2) is 66.9 Å². The fourth-order valence-corrected chi connectivity index (χ4v) is 2.65. The van der Waals surface area contributed by atoms with Gasteiger partial charge in [-0.25, -0.2) is 4.79 Å². The molecule has 0 aliphatic rings. The van der Waals surface area contributed by atoms with Crippen LogP contribution >= 0.6 is 0 Å². The van der Waals surface area contributed by atoms with Gasteiger partial charge in [0.2, 0.25) is 0 Å². The second-order valence-corrected chi connectivity index (χ2v) is 7.25. The number of hydrogen-bond acceptors (Lipinski definition) is 2. The maximum absolute atomic E-state index is 11.5. The minimum Gasteiger partial charge on any atom is -0.503 e. The van der Waals surface area contributed by atoms with Crippen molar-refractivity contribution >= 4 is 23.7 Å². The maximum Gasteiger partial charge on any atom is 0.339 e. The van der Waals surface area contributed by atoms with Crippen LogP contribution in [0, 0.1) is 0 Å². The van der Waals surface area contributed by atoms with Crippen molar-refractivity contribution in [1.82, 2.24) is 0 Å². The molecule has 0 saturated carbocycles. The molecular formula is C24H26O3. The fraction of sp³-hybridized carbons (Fsp3) is 0.208. The fourth-order valence-electron chi connectivity index (χ4n) is 2.65.